The van der Waals surface area contributed by atoms with Gasteiger partial charge in [-0.1, -0.05) is 95.4 Å². The van der Waals surface area contributed by atoms with Crippen LogP contribution in [0.3, 0.4) is 0 Å². The molecule has 4 unspecified atom stereocenters. The van der Waals surface area contributed by atoms with Gasteiger partial charge in [0.15, 0.2) is 0 Å². The first-order chi connectivity index (χ1) is 34.4. The van der Waals surface area contributed by atoms with Crippen LogP contribution in [0.1, 0.15) is 117 Å². The van der Waals surface area contributed by atoms with Crippen molar-refractivity contribution in [3.63, 3.8) is 0 Å². The smallest absolute Gasteiger partial charge is 0.337 e. The van der Waals surface area contributed by atoms with E-state index in [1.165, 1.54) is 33.7 Å². The summed E-state index contributed by atoms with van der Waals surface area (Å²) in [6, 6.07) is 26.0. The molecule has 3 saturated carbocycles. The van der Waals surface area contributed by atoms with Crippen LogP contribution in [0, 0.1) is 0 Å². The highest BCUT2D eigenvalue weighted by molar-refractivity contribution is 8.07. The molecule has 15 radical (unpaired) electrons. The number of carbonyl (C=O) groups is 2. The minimum absolute atomic E-state index is 0. The molecule has 2 aromatic heterocycles. The molecule has 73 heavy (non-hydrogen) atoms. The number of pyridine rings is 1. The van der Waals surface area contributed by atoms with Gasteiger partial charge in [-0.2, -0.15) is 0 Å². The van der Waals surface area contributed by atoms with E-state index in [0.29, 0.717) is 71.9 Å². The molecular formula is C47H42B13Cl4N2O7. The van der Waals surface area contributed by atoms with E-state index in [-0.39, 0.29) is 44.0 Å². The molecule has 3 fully saturated rings. The molecule has 3 aliphatic carbocycles. The first-order valence-electron chi connectivity index (χ1n) is 23.1. The lowest BCUT2D eigenvalue weighted by Gasteiger charge is -2.31. The van der Waals surface area contributed by atoms with Gasteiger partial charge in [-0.05, 0) is 120 Å². The third-order valence-electron chi connectivity index (χ3n) is 13.0. The summed E-state index contributed by atoms with van der Waals surface area (Å²) < 4.78 is 21.5. The molecule has 6 aromatic rings. The quantitative estimate of drug-likeness (QED) is 0.0760. The Kier molecular flexibility index (Phi) is 20.7. The zero-order chi connectivity index (χ0) is 52.0. The Morgan fingerprint density at radius 2 is 1.23 bits per heavy atom. The Labute approximate surface area is 460 Å². The summed E-state index contributed by atoms with van der Waals surface area (Å²) in [6.07, 6.45) is 4.25. The van der Waals surface area contributed by atoms with E-state index in [1.807, 2.05) is 60.7 Å². The molecule has 1 N–H and O–H groups in total. The fourth-order valence-electron chi connectivity index (χ4n) is 8.96. The lowest BCUT2D eigenvalue weighted by atomic mass is 8.50. The number of benzene rings is 4. The molecule has 9 rings (SSSR count). The Bertz CT molecular complexity index is 2860. The summed E-state index contributed by atoms with van der Waals surface area (Å²) in [5.74, 6) is 2.58. The van der Waals surface area contributed by atoms with E-state index < -0.39 is 25.5 Å². The summed E-state index contributed by atoms with van der Waals surface area (Å²) in [6.45, 7) is 0.238. The number of hydrogen-bond donors (Lipinski definition) is 1. The maximum Gasteiger partial charge on any atom is 0.337 e. The van der Waals surface area contributed by atoms with Gasteiger partial charge in [-0.15, -0.1) is 0 Å². The zero-order valence-electron chi connectivity index (χ0n) is 39.5. The normalized spacial score (nSPS) is 16.8. The molecule has 349 valence electrons. The molecule has 0 aliphatic heterocycles. The highest BCUT2D eigenvalue weighted by Crippen LogP contribution is 2.57. The van der Waals surface area contributed by atoms with Crippen LogP contribution >= 0.6 is 46.4 Å². The summed E-state index contributed by atoms with van der Waals surface area (Å²) >= 11 is 25.7. The number of aromatic nitrogens is 2. The van der Waals surface area contributed by atoms with Crippen LogP contribution in [0.4, 0.5) is 0 Å². The number of hydrogen-bond acceptors (Lipinski definition) is 9. The van der Waals surface area contributed by atoms with Crippen LogP contribution in [-0.4, -0.2) is 135 Å². The maximum absolute atomic E-state index is 11.9. The number of aromatic hydroxyl groups is 1. The lowest BCUT2D eigenvalue weighted by Crippen LogP contribution is -2.69. The van der Waals surface area contributed by atoms with Crippen molar-refractivity contribution >= 4 is 151 Å². The van der Waals surface area contributed by atoms with Crippen molar-refractivity contribution in [2.75, 3.05) is 14.2 Å². The van der Waals surface area contributed by atoms with Crippen LogP contribution in [0.25, 0.3) is 11.3 Å². The number of phenolic OH excluding ortho intramolecular Hbond substituents is 1. The van der Waals surface area contributed by atoms with E-state index in [2.05, 4.69) is 10.1 Å². The number of ether oxygens (including phenoxy) is 3. The topological polar surface area (TPSA) is 121 Å². The second kappa shape index (κ2) is 26.0. The average molecular weight is 1030 g/mol. The molecule has 0 spiro atoms. The molecule has 0 saturated heterocycles. The molecule has 3 aliphatic rings. The highest BCUT2D eigenvalue weighted by atomic mass is 35.5. The molecule has 4 aromatic carbocycles. The first kappa shape index (κ1) is 58.1. The van der Waals surface area contributed by atoms with E-state index in [9.17, 15) is 14.7 Å². The minimum Gasteiger partial charge on any atom is -0.508 e. The average Bonchev–Trinajstić information content (AvgIpc) is 4.27. The van der Waals surface area contributed by atoms with Gasteiger partial charge in [0, 0.05) is 127 Å². The number of phenols is 1. The zero-order valence-corrected chi connectivity index (χ0v) is 42.5. The van der Waals surface area contributed by atoms with Gasteiger partial charge in [-0.3, -0.25) is 4.98 Å². The van der Waals surface area contributed by atoms with Gasteiger partial charge in [0.1, 0.15) is 29.6 Å². The Balaban J connectivity index is 0.000000208. The molecule has 4 atom stereocenters. The van der Waals surface area contributed by atoms with E-state index in [1.54, 1.807) is 24.3 Å². The van der Waals surface area contributed by atoms with E-state index >= 15 is 0 Å². The fraction of sp³-hybridized carbons (Fsp3) is 0.277. The number of methoxy groups -OCH3 is 2. The van der Waals surface area contributed by atoms with Gasteiger partial charge in [0.25, 0.3) is 0 Å². The number of carbonyl (C=O) groups excluding carboxylic acids is 2. The summed E-state index contributed by atoms with van der Waals surface area (Å²) in [7, 11) is 42.3. The first-order valence-corrected chi connectivity index (χ1v) is 24.6. The van der Waals surface area contributed by atoms with Gasteiger partial charge < -0.3 is 23.8 Å². The Hall–Kier alpha value is -4.22. The number of esters is 2. The second-order valence-corrected chi connectivity index (χ2v) is 19.6. The molecular weight excluding hydrogens is 987 g/mol. The van der Waals surface area contributed by atoms with Crippen LogP contribution in [0.5, 0.6) is 11.5 Å². The maximum atomic E-state index is 11.9. The van der Waals surface area contributed by atoms with Crippen molar-refractivity contribution in [2.24, 2.45) is 0 Å². The van der Waals surface area contributed by atoms with E-state index in [4.69, 9.17) is 119 Å². The van der Waals surface area contributed by atoms with Crippen LogP contribution in [-0.2, 0) is 16.1 Å². The predicted octanol–water partition coefficient (Wildman–Crippen LogP) is 8.00. The summed E-state index contributed by atoms with van der Waals surface area (Å²) in [5.41, 5.74) is 7.44. The fourth-order valence-corrected chi connectivity index (χ4v) is 10.1. The SMILES string of the molecule is C.COC(=O)c1cccc(C2CC2c2ccc(O)cc2Cl)c1.COC(=O)c1cccc(C2CC2c2ccc(OCc3c(-c4c(Cl)cncc4Cl)noc3C3CC3)cc2Cl)c1.[B][B]B(B([B])[B])B(B([B])[B])B([B])[B]. The lowest BCUT2D eigenvalue weighted by molar-refractivity contribution is 0.0591. The van der Waals surface area contributed by atoms with Gasteiger partial charge in [-0.25, -0.2) is 9.59 Å². The third kappa shape index (κ3) is 14.4. The molecule has 9 nitrogen and oxygen atoms in total. The largest absolute Gasteiger partial charge is 0.508 e. The second-order valence-electron chi connectivity index (χ2n) is 18.0. The standard InChI is InChI=1S/C29H23Cl3N2O4.C17H15ClO3.CH4.B13/c1-36-29(35)17-4-2-3-16(9-17)20-11-21(20)19-8-7-18(10-23(19)30)37-14-22-27(34-38-28(22)15-5-6-15)26-24(31)12-33-13-25(26)32;1-21-17(20)11-4-2-3-10(7-11)14-9-15(14)13-6-5-12(19)8-16(13)18;;1-8-12(9(2)3)13(10(4)5)11(6)7/h2-4,7-10,12-13,15,20-21H,5-6,11,14H2,1H3;2-8,14-15,19H,9H2,1H3;1H4;. The third-order valence-corrected chi connectivity index (χ3v) is 14.3. The van der Waals surface area contributed by atoms with Crippen LogP contribution in [0.15, 0.2) is 102 Å². The molecule has 0 bridgehead atoms. The van der Waals surface area contributed by atoms with Crippen molar-refractivity contribution in [3.05, 3.63) is 162 Å². The van der Waals surface area contributed by atoms with Crippen molar-refractivity contribution < 1.29 is 33.4 Å². The van der Waals surface area contributed by atoms with Crippen LogP contribution in [0.2, 0.25) is 20.1 Å². The Morgan fingerprint density at radius 1 is 0.712 bits per heavy atom. The number of nitrogens with zero attached hydrogens (tertiary/aromatic N) is 2. The van der Waals surface area contributed by atoms with Gasteiger partial charge in [0.2, 0.25) is 0 Å². The number of rotatable bonds is 16. The van der Waals surface area contributed by atoms with Gasteiger partial charge in [0.05, 0.1) is 41.0 Å². The highest BCUT2D eigenvalue weighted by Gasteiger charge is 2.42. The van der Waals surface area contributed by atoms with E-state index in [0.717, 1.165) is 59.3 Å². The monoisotopic (exact) mass is 1030 g/mol. The number of halogens is 4. The van der Waals surface area contributed by atoms with Crippen molar-refractivity contribution in [1.29, 1.82) is 0 Å². The van der Waals surface area contributed by atoms with Crippen molar-refractivity contribution in [3.8, 4) is 22.8 Å². The van der Waals surface area contributed by atoms with Crippen molar-refractivity contribution in [2.45, 2.75) is 69.3 Å². The summed E-state index contributed by atoms with van der Waals surface area (Å²) in [4.78, 5) is 27.5. The molecule has 0 amide bonds. The molecule has 2 heterocycles. The summed E-state index contributed by atoms with van der Waals surface area (Å²) in [5, 5.41) is 15.7. The molecule has 26 heteroatoms. The predicted molar refractivity (Wildman–Crippen MR) is 308 cm³/mol. The minimum atomic E-state index is -0.695. The van der Waals surface area contributed by atoms with Crippen LogP contribution < -0.4 is 4.74 Å². The van der Waals surface area contributed by atoms with Gasteiger partial charge >= 0.3 is 11.9 Å². The van der Waals surface area contributed by atoms with Crippen molar-refractivity contribution in [1.82, 2.24) is 10.1 Å². The Morgan fingerprint density at radius 3 is 1.67 bits per heavy atom.